The summed E-state index contributed by atoms with van der Waals surface area (Å²) in [7, 11) is 1.26. The van der Waals surface area contributed by atoms with E-state index in [1.807, 2.05) is 44.2 Å². The van der Waals surface area contributed by atoms with E-state index in [1.165, 1.54) is 18.9 Å². The number of aromatic amines is 1. The minimum absolute atomic E-state index is 0.0230. The number of fused-ring (bicyclic) bond motifs is 2. The van der Waals surface area contributed by atoms with Crippen LogP contribution < -0.4 is 0 Å². The molecule has 0 atom stereocenters. The molecule has 29 heavy (non-hydrogen) atoms. The van der Waals surface area contributed by atoms with Gasteiger partial charge >= 0.3 is 5.97 Å². The van der Waals surface area contributed by atoms with Crippen molar-refractivity contribution in [3.63, 3.8) is 0 Å². The van der Waals surface area contributed by atoms with Crippen LogP contribution in [0.4, 0.5) is 0 Å². The fourth-order valence-corrected chi connectivity index (χ4v) is 3.63. The molecule has 0 aliphatic carbocycles. The normalized spacial score (nSPS) is 12.4. The third kappa shape index (κ3) is 3.66. The molecule has 0 spiro atoms. The lowest BCUT2D eigenvalue weighted by atomic mass is 10.2. The highest BCUT2D eigenvalue weighted by molar-refractivity contribution is 7.99. The Labute approximate surface area is 169 Å². The number of ether oxygens (including phenoxy) is 1. The van der Waals surface area contributed by atoms with Gasteiger partial charge in [-0.25, -0.2) is 19.3 Å². The van der Waals surface area contributed by atoms with Crippen molar-refractivity contribution >= 4 is 40.1 Å². The van der Waals surface area contributed by atoms with Crippen molar-refractivity contribution in [1.82, 2.24) is 29.5 Å². The van der Waals surface area contributed by atoms with E-state index in [2.05, 4.69) is 25.0 Å². The predicted octanol–water partition coefficient (Wildman–Crippen LogP) is 2.85. The number of hydrogen-bond acceptors (Lipinski definition) is 8. The average Bonchev–Trinajstić information content (AvgIpc) is 3.30. The molecule has 0 radical (unpaired) electrons. The number of benzene rings is 1. The largest absolute Gasteiger partial charge is 0.510 e. The first-order valence-electron chi connectivity index (χ1n) is 8.75. The molecule has 2 N–H and O–H groups in total. The van der Waals surface area contributed by atoms with Gasteiger partial charge in [0.25, 0.3) is 5.78 Å². The molecule has 3 aromatic heterocycles. The molecular weight excluding hydrogens is 392 g/mol. The number of nitrogens with one attached hydrogen (secondary N) is 1. The number of aromatic nitrogens is 6. The Morgan fingerprint density at radius 3 is 2.79 bits per heavy atom. The summed E-state index contributed by atoms with van der Waals surface area (Å²) in [6, 6.07) is 9.26. The molecular formula is C19H18N6O3S. The van der Waals surface area contributed by atoms with Crippen LogP contribution in [0.1, 0.15) is 17.2 Å². The first kappa shape index (κ1) is 18.9. The van der Waals surface area contributed by atoms with Crippen LogP contribution >= 0.6 is 11.8 Å². The van der Waals surface area contributed by atoms with Gasteiger partial charge in [0, 0.05) is 11.4 Å². The third-order valence-electron chi connectivity index (χ3n) is 4.24. The monoisotopic (exact) mass is 410 g/mol. The van der Waals surface area contributed by atoms with Gasteiger partial charge in [-0.15, -0.1) is 5.10 Å². The van der Waals surface area contributed by atoms with Gasteiger partial charge < -0.3 is 14.8 Å². The van der Waals surface area contributed by atoms with Crippen LogP contribution in [0.5, 0.6) is 0 Å². The van der Waals surface area contributed by atoms with Crippen LogP contribution in [-0.4, -0.2) is 53.5 Å². The second-order valence-corrected chi connectivity index (χ2v) is 7.29. The van der Waals surface area contributed by atoms with Crippen molar-refractivity contribution in [2.24, 2.45) is 0 Å². The molecule has 0 aliphatic rings. The SMILES string of the molecule is COC(=O)/C(=C(/O)CSc1nc2nc(C)cc(C)n2n1)c1nc2ccccc2[nH]1. The molecule has 10 heteroatoms. The topological polar surface area (TPSA) is 118 Å². The number of nitrogens with zero attached hydrogens (tertiary/aromatic N) is 5. The summed E-state index contributed by atoms with van der Waals surface area (Å²) in [6.07, 6.45) is 0. The number of esters is 1. The maximum atomic E-state index is 12.3. The first-order chi connectivity index (χ1) is 14.0. The number of imidazole rings is 1. The summed E-state index contributed by atoms with van der Waals surface area (Å²) < 4.78 is 6.48. The molecule has 0 aliphatic heterocycles. The van der Waals surface area contributed by atoms with Crippen molar-refractivity contribution in [2.45, 2.75) is 19.0 Å². The van der Waals surface area contributed by atoms with Crippen molar-refractivity contribution in [3.05, 3.63) is 53.3 Å². The quantitative estimate of drug-likeness (QED) is 0.223. The lowest BCUT2D eigenvalue weighted by molar-refractivity contribution is -0.133. The minimum atomic E-state index is -0.682. The fourth-order valence-electron chi connectivity index (χ4n) is 2.94. The smallest absolute Gasteiger partial charge is 0.345 e. The molecule has 1 aromatic carbocycles. The predicted molar refractivity (Wildman–Crippen MR) is 109 cm³/mol. The van der Waals surface area contributed by atoms with Gasteiger partial charge in [-0.2, -0.15) is 4.98 Å². The zero-order valence-electron chi connectivity index (χ0n) is 16.0. The Bertz CT molecular complexity index is 1230. The van der Waals surface area contributed by atoms with Crippen molar-refractivity contribution < 1.29 is 14.6 Å². The van der Waals surface area contributed by atoms with Crippen LogP contribution in [0.3, 0.4) is 0 Å². The maximum Gasteiger partial charge on any atom is 0.345 e. The third-order valence-corrected chi connectivity index (χ3v) is 5.09. The minimum Gasteiger partial charge on any atom is -0.510 e. The molecule has 9 nitrogen and oxygen atoms in total. The summed E-state index contributed by atoms with van der Waals surface area (Å²) in [4.78, 5) is 28.5. The zero-order valence-corrected chi connectivity index (χ0v) is 16.8. The number of aliphatic hydroxyl groups excluding tert-OH is 1. The Morgan fingerprint density at radius 2 is 2.03 bits per heavy atom. The summed E-state index contributed by atoms with van der Waals surface area (Å²) in [5.74, 6) is -0.0683. The van der Waals surface area contributed by atoms with Gasteiger partial charge in [0.2, 0.25) is 5.16 Å². The molecule has 0 bridgehead atoms. The first-order valence-corrected chi connectivity index (χ1v) is 9.74. The van der Waals surface area contributed by atoms with E-state index in [-0.39, 0.29) is 22.9 Å². The van der Waals surface area contributed by atoms with E-state index >= 15 is 0 Å². The highest BCUT2D eigenvalue weighted by atomic mass is 32.2. The summed E-state index contributed by atoms with van der Waals surface area (Å²) in [6.45, 7) is 3.80. The summed E-state index contributed by atoms with van der Waals surface area (Å²) >= 11 is 1.19. The van der Waals surface area contributed by atoms with E-state index in [0.717, 1.165) is 16.9 Å². The summed E-state index contributed by atoms with van der Waals surface area (Å²) in [5.41, 5.74) is 3.17. The van der Waals surface area contributed by atoms with Gasteiger partial charge in [-0.1, -0.05) is 23.9 Å². The van der Waals surface area contributed by atoms with Gasteiger partial charge in [0.1, 0.15) is 17.2 Å². The van der Waals surface area contributed by atoms with E-state index in [4.69, 9.17) is 4.74 Å². The molecule has 4 rings (SSSR count). The van der Waals surface area contributed by atoms with Crippen LogP contribution in [0.25, 0.3) is 22.4 Å². The number of thioether (sulfide) groups is 1. The molecule has 0 fully saturated rings. The molecule has 0 amide bonds. The number of carbonyl (C=O) groups is 1. The number of H-pyrrole nitrogens is 1. The highest BCUT2D eigenvalue weighted by Crippen LogP contribution is 2.24. The van der Waals surface area contributed by atoms with Gasteiger partial charge in [0.05, 0.1) is 23.9 Å². The van der Waals surface area contributed by atoms with Crippen LogP contribution in [0.2, 0.25) is 0 Å². The number of rotatable bonds is 5. The van der Waals surface area contributed by atoms with E-state index in [0.29, 0.717) is 16.5 Å². The van der Waals surface area contributed by atoms with Crippen molar-refractivity contribution in [3.8, 4) is 0 Å². The Kier molecular flexibility index (Phi) is 4.93. The van der Waals surface area contributed by atoms with Gasteiger partial charge in [-0.3, -0.25) is 0 Å². The van der Waals surface area contributed by atoms with Gasteiger partial charge in [0.15, 0.2) is 0 Å². The zero-order chi connectivity index (χ0) is 20.5. The van der Waals surface area contributed by atoms with Crippen LogP contribution in [0, 0.1) is 13.8 Å². The van der Waals surface area contributed by atoms with Crippen molar-refractivity contribution in [1.29, 1.82) is 0 Å². The lowest BCUT2D eigenvalue weighted by Crippen LogP contribution is -2.09. The molecule has 0 saturated heterocycles. The van der Waals surface area contributed by atoms with Crippen LogP contribution in [-0.2, 0) is 9.53 Å². The number of hydrogen-bond donors (Lipinski definition) is 2. The standard InChI is InChI=1S/C19H18N6O3S/c1-10-8-11(2)25-18(20-10)23-19(24-25)29-9-14(26)15(17(27)28-3)16-21-12-6-4-5-7-13(12)22-16/h4-8,26H,9H2,1-3H3,(H,21,22)/b15-14+. The Hall–Kier alpha value is -3.40. The number of methoxy groups -OCH3 is 1. The number of aliphatic hydroxyl groups is 1. The fraction of sp³-hybridized carbons (Fsp3) is 0.211. The van der Waals surface area contributed by atoms with Crippen molar-refractivity contribution in [2.75, 3.05) is 12.9 Å². The number of para-hydroxylation sites is 2. The molecule has 3 heterocycles. The lowest BCUT2D eigenvalue weighted by Gasteiger charge is -2.06. The molecule has 4 aromatic rings. The average molecular weight is 410 g/mol. The Morgan fingerprint density at radius 1 is 1.24 bits per heavy atom. The number of carbonyl (C=O) groups excluding carboxylic acids is 1. The van der Waals surface area contributed by atoms with Gasteiger partial charge in [-0.05, 0) is 32.0 Å². The second-order valence-electron chi connectivity index (χ2n) is 6.35. The van der Waals surface area contributed by atoms with E-state index in [1.54, 1.807) is 4.52 Å². The Balaban J connectivity index is 1.65. The molecule has 0 saturated carbocycles. The van der Waals surface area contributed by atoms with Crippen LogP contribution in [0.15, 0.2) is 41.2 Å². The second kappa shape index (κ2) is 7.55. The summed E-state index contributed by atoms with van der Waals surface area (Å²) in [5, 5.41) is 15.5. The molecule has 148 valence electrons. The van der Waals surface area contributed by atoms with E-state index in [9.17, 15) is 9.90 Å². The highest BCUT2D eigenvalue weighted by Gasteiger charge is 2.22. The molecule has 0 unspecified atom stereocenters. The maximum absolute atomic E-state index is 12.3. The number of aryl methyl sites for hydroxylation is 2. The van der Waals surface area contributed by atoms with E-state index < -0.39 is 5.97 Å².